The fourth-order valence-corrected chi connectivity index (χ4v) is 4.93. The van der Waals surface area contributed by atoms with Gasteiger partial charge in [0, 0.05) is 44.2 Å². The molecule has 2 rings (SSSR count). The molecule has 9 heteroatoms. The zero-order valence-electron chi connectivity index (χ0n) is 14.9. The molecule has 0 saturated carbocycles. The van der Waals surface area contributed by atoms with Crippen LogP contribution in [0.3, 0.4) is 0 Å². The molecule has 7 nitrogen and oxygen atoms in total. The van der Waals surface area contributed by atoms with Gasteiger partial charge in [0.2, 0.25) is 15.9 Å². The highest BCUT2D eigenvalue weighted by Crippen LogP contribution is 2.21. The Balaban J connectivity index is 1.98. The lowest BCUT2D eigenvalue weighted by Crippen LogP contribution is -2.55. The number of amides is 1. The zero-order chi connectivity index (χ0) is 19.3. The molecule has 26 heavy (non-hydrogen) atoms. The van der Waals surface area contributed by atoms with Crippen LogP contribution in [0.25, 0.3) is 0 Å². The first-order chi connectivity index (χ1) is 12.3. The molecular formula is C17H23BrN4O3S. The van der Waals surface area contributed by atoms with Crippen molar-refractivity contribution in [2.45, 2.75) is 24.3 Å². The number of piperazine rings is 1. The molecule has 0 spiro atoms. The molecular weight excluding hydrogens is 420 g/mol. The summed E-state index contributed by atoms with van der Waals surface area (Å²) in [5, 5.41) is 8.64. The third-order valence-electron chi connectivity index (χ3n) is 4.55. The van der Waals surface area contributed by atoms with Crippen LogP contribution in [0.1, 0.15) is 13.3 Å². The maximum absolute atomic E-state index is 12.8. The summed E-state index contributed by atoms with van der Waals surface area (Å²) in [6, 6.07) is 8.36. The maximum atomic E-state index is 12.8. The molecule has 0 bridgehead atoms. The highest BCUT2D eigenvalue weighted by Gasteiger charge is 2.32. The van der Waals surface area contributed by atoms with Crippen molar-refractivity contribution in [3.8, 4) is 6.07 Å². The van der Waals surface area contributed by atoms with Crippen molar-refractivity contribution in [3.63, 3.8) is 0 Å². The first-order valence-corrected chi connectivity index (χ1v) is 10.6. The topological polar surface area (TPSA) is 84.7 Å². The molecule has 1 unspecified atom stereocenters. The van der Waals surface area contributed by atoms with Gasteiger partial charge >= 0.3 is 0 Å². The van der Waals surface area contributed by atoms with Gasteiger partial charge in [-0.05, 0) is 25.1 Å². The van der Waals surface area contributed by atoms with E-state index in [1.807, 2.05) is 17.9 Å². The normalized spacial score (nSPS) is 17.5. The van der Waals surface area contributed by atoms with Gasteiger partial charge in [-0.15, -0.1) is 0 Å². The standard InChI is InChI=1S/C17H23BrN4O3S/c1-14(17(23)20(2)8-4-7-19)21-9-11-22(12-10-21)26(24,25)16-6-3-5-15(18)13-16/h3,5-6,13-14H,4,8-12H2,1-2H3. The van der Waals surface area contributed by atoms with Crippen molar-refractivity contribution in [1.82, 2.24) is 14.1 Å². The first kappa shape index (κ1) is 20.8. The Morgan fingerprint density at radius 3 is 2.58 bits per heavy atom. The van der Waals surface area contributed by atoms with Gasteiger partial charge in [-0.2, -0.15) is 9.57 Å². The predicted molar refractivity (Wildman–Crippen MR) is 102 cm³/mol. The van der Waals surface area contributed by atoms with Crippen molar-refractivity contribution >= 4 is 31.9 Å². The monoisotopic (exact) mass is 442 g/mol. The number of carbonyl (C=O) groups excluding carboxylic acids is 1. The summed E-state index contributed by atoms with van der Waals surface area (Å²) in [5.41, 5.74) is 0. The first-order valence-electron chi connectivity index (χ1n) is 8.39. The number of nitriles is 1. The number of halogens is 1. The number of sulfonamides is 1. The number of rotatable bonds is 6. The van der Waals surface area contributed by atoms with E-state index < -0.39 is 10.0 Å². The van der Waals surface area contributed by atoms with Crippen LogP contribution in [0.5, 0.6) is 0 Å². The minimum Gasteiger partial charge on any atom is -0.343 e. The molecule has 1 aromatic carbocycles. The smallest absolute Gasteiger partial charge is 0.243 e. The zero-order valence-corrected chi connectivity index (χ0v) is 17.3. The Kier molecular flexibility index (Phi) is 7.17. The number of hydrogen-bond donors (Lipinski definition) is 0. The third-order valence-corrected chi connectivity index (χ3v) is 6.94. The van der Waals surface area contributed by atoms with Crippen molar-refractivity contribution in [2.75, 3.05) is 39.8 Å². The molecule has 1 heterocycles. The molecule has 1 amide bonds. The molecule has 1 aromatic rings. The van der Waals surface area contributed by atoms with Crippen molar-refractivity contribution in [1.29, 1.82) is 5.26 Å². The molecule has 0 N–H and O–H groups in total. The molecule has 1 atom stereocenters. The van der Waals surface area contributed by atoms with Crippen molar-refractivity contribution < 1.29 is 13.2 Å². The molecule has 142 valence electrons. The van der Waals surface area contributed by atoms with E-state index in [0.717, 1.165) is 4.47 Å². The number of carbonyl (C=O) groups is 1. The quantitative estimate of drug-likeness (QED) is 0.666. The van der Waals surface area contributed by atoms with E-state index in [4.69, 9.17) is 5.26 Å². The average molecular weight is 443 g/mol. The second-order valence-electron chi connectivity index (χ2n) is 6.24. The Labute approximate surface area is 163 Å². The van der Waals surface area contributed by atoms with E-state index in [0.29, 0.717) is 39.1 Å². The summed E-state index contributed by atoms with van der Waals surface area (Å²) in [5.74, 6) is -0.0523. The van der Waals surface area contributed by atoms with Crippen LogP contribution < -0.4 is 0 Å². The fourth-order valence-electron chi connectivity index (χ4n) is 2.91. The molecule has 1 saturated heterocycles. The lowest BCUT2D eigenvalue weighted by Gasteiger charge is -2.37. The van der Waals surface area contributed by atoms with E-state index in [9.17, 15) is 13.2 Å². The van der Waals surface area contributed by atoms with E-state index >= 15 is 0 Å². The fraction of sp³-hybridized carbons (Fsp3) is 0.529. The van der Waals surface area contributed by atoms with Crippen molar-refractivity contribution in [3.05, 3.63) is 28.7 Å². The highest BCUT2D eigenvalue weighted by atomic mass is 79.9. The van der Waals surface area contributed by atoms with Gasteiger partial charge in [-0.25, -0.2) is 8.42 Å². The Morgan fingerprint density at radius 1 is 1.35 bits per heavy atom. The van der Waals surface area contributed by atoms with Gasteiger partial charge in [-0.1, -0.05) is 22.0 Å². The SMILES string of the molecule is CC(C(=O)N(C)CCC#N)N1CCN(S(=O)(=O)c2cccc(Br)c2)CC1. The van der Waals surface area contributed by atoms with E-state index in [1.165, 1.54) is 4.31 Å². The lowest BCUT2D eigenvalue weighted by atomic mass is 10.2. The summed E-state index contributed by atoms with van der Waals surface area (Å²) < 4.78 is 27.7. The predicted octanol–water partition coefficient (Wildman–Crippen LogP) is 1.52. The summed E-state index contributed by atoms with van der Waals surface area (Å²) in [7, 11) is -1.85. The van der Waals surface area contributed by atoms with E-state index in [1.54, 1.807) is 36.2 Å². The van der Waals surface area contributed by atoms with Crippen LogP contribution in [0, 0.1) is 11.3 Å². The average Bonchev–Trinajstić information content (AvgIpc) is 2.65. The minimum absolute atomic E-state index is 0.0523. The molecule has 1 fully saturated rings. The van der Waals surface area contributed by atoms with Gasteiger partial charge < -0.3 is 4.90 Å². The Morgan fingerprint density at radius 2 is 2.00 bits per heavy atom. The number of nitrogens with zero attached hydrogens (tertiary/aromatic N) is 4. The highest BCUT2D eigenvalue weighted by molar-refractivity contribution is 9.10. The van der Waals surface area contributed by atoms with Crippen LogP contribution >= 0.6 is 15.9 Å². The van der Waals surface area contributed by atoms with Crippen LogP contribution in [0.4, 0.5) is 0 Å². The Bertz CT molecular complexity index is 785. The molecule has 0 aliphatic carbocycles. The second kappa shape index (κ2) is 8.95. The number of likely N-dealkylation sites (N-methyl/N-ethyl adjacent to an activating group) is 1. The minimum atomic E-state index is -3.54. The number of hydrogen-bond acceptors (Lipinski definition) is 5. The summed E-state index contributed by atoms with van der Waals surface area (Å²) in [6.45, 7) is 3.89. The third kappa shape index (κ3) is 4.82. The molecule has 0 aromatic heterocycles. The summed E-state index contributed by atoms with van der Waals surface area (Å²) in [6.07, 6.45) is 0.299. The van der Waals surface area contributed by atoms with Gasteiger partial charge in [0.05, 0.1) is 23.4 Å². The van der Waals surface area contributed by atoms with Crippen LogP contribution in [0.2, 0.25) is 0 Å². The largest absolute Gasteiger partial charge is 0.343 e. The number of benzene rings is 1. The van der Waals surface area contributed by atoms with E-state index in [-0.39, 0.29) is 16.8 Å². The molecule has 1 aliphatic heterocycles. The van der Waals surface area contributed by atoms with Gasteiger partial charge in [0.1, 0.15) is 0 Å². The van der Waals surface area contributed by atoms with Gasteiger partial charge in [-0.3, -0.25) is 9.69 Å². The van der Waals surface area contributed by atoms with E-state index in [2.05, 4.69) is 15.9 Å². The van der Waals surface area contributed by atoms with Gasteiger partial charge in [0.15, 0.2) is 0 Å². The molecule has 1 aliphatic rings. The lowest BCUT2D eigenvalue weighted by molar-refractivity contribution is -0.135. The van der Waals surface area contributed by atoms with Gasteiger partial charge in [0.25, 0.3) is 0 Å². The van der Waals surface area contributed by atoms with Crippen LogP contribution in [-0.4, -0.2) is 74.2 Å². The maximum Gasteiger partial charge on any atom is 0.243 e. The molecule has 0 radical (unpaired) electrons. The summed E-state index contributed by atoms with van der Waals surface area (Å²) >= 11 is 3.30. The van der Waals surface area contributed by atoms with Crippen LogP contribution in [-0.2, 0) is 14.8 Å². The summed E-state index contributed by atoms with van der Waals surface area (Å²) in [4.78, 5) is 16.2. The van der Waals surface area contributed by atoms with Crippen molar-refractivity contribution in [2.24, 2.45) is 0 Å². The second-order valence-corrected chi connectivity index (χ2v) is 9.09. The Hall–Kier alpha value is -1.47. The van der Waals surface area contributed by atoms with Crippen LogP contribution in [0.15, 0.2) is 33.6 Å².